The van der Waals surface area contributed by atoms with Crippen LogP contribution in [0.2, 0.25) is 0 Å². The summed E-state index contributed by atoms with van der Waals surface area (Å²) in [6.07, 6.45) is 1.45. The zero-order chi connectivity index (χ0) is 11.7. The molecule has 0 amide bonds. The molecule has 15 heavy (non-hydrogen) atoms. The van der Waals surface area contributed by atoms with E-state index < -0.39 is 10.1 Å². The van der Waals surface area contributed by atoms with Crippen LogP contribution in [-0.2, 0) is 14.9 Å². The lowest BCUT2D eigenvalue weighted by Gasteiger charge is -2.15. The first-order valence-corrected chi connectivity index (χ1v) is 6.78. The molecular weight excluding hydrogens is 218 g/mol. The Morgan fingerprint density at radius 2 is 1.93 bits per heavy atom. The minimum Gasteiger partial charge on any atom is -0.380 e. The molecule has 0 spiro atoms. The average Bonchev–Trinajstić information content (AvgIpc) is 2.10. The predicted octanol–water partition coefficient (Wildman–Crippen LogP) is 0.623. The summed E-state index contributed by atoms with van der Waals surface area (Å²) < 4.78 is 34.6. The SMILES string of the molecule is CCCOCCN(C)CCCS(=O)(=O)O. The number of nitrogens with zero attached hydrogens (tertiary/aromatic N) is 1. The van der Waals surface area contributed by atoms with Crippen LogP contribution in [0.4, 0.5) is 0 Å². The Kier molecular flexibility index (Phi) is 7.95. The number of ether oxygens (including phenoxy) is 1. The van der Waals surface area contributed by atoms with E-state index in [2.05, 4.69) is 6.92 Å². The maximum Gasteiger partial charge on any atom is 0.264 e. The summed E-state index contributed by atoms with van der Waals surface area (Å²) in [6.45, 7) is 4.91. The molecule has 0 rings (SSSR count). The van der Waals surface area contributed by atoms with E-state index in [1.54, 1.807) is 0 Å². The quantitative estimate of drug-likeness (QED) is 0.472. The summed E-state index contributed by atoms with van der Waals surface area (Å²) in [4.78, 5) is 1.99. The highest BCUT2D eigenvalue weighted by molar-refractivity contribution is 7.85. The molecule has 0 aliphatic heterocycles. The van der Waals surface area contributed by atoms with Crippen LogP contribution in [-0.4, -0.2) is 57.0 Å². The summed E-state index contributed by atoms with van der Waals surface area (Å²) in [7, 11) is -1.90. The van der Waals surface area contributed by atoms with Crippen LogP contribution in [0.25, 0.3) is 0 Å². The molecule has 0 fully saturated rings. The first-order chi connectivity index (χ1) is 6.95. The number of likely N-dealkylation sites (N-methyl/N-ethyl adjacent to an activating group) is 1. The van der Waals surface area contributed by atoms with Gasteiger partial charge in [-0.1, -0.05) is 6.92 Å². The molecule has 92 valence electrons. The first-order valence-electron chi connectivity index (χ1n) is 5.17. The Morgan fingerprint density at radius 3 is 2.47 bits per heavy atom. The third-order valence-corrected chi connectivity index (χ3v) is 2.71. The summed E-state index contributed by atoms with van der Waals surface area (Å²) in [5.41, 5.74) is 0. The highest BCUT2D eigenvalue weighted by Gasteiger charge is 2.05. The minimum atomic E-state index is -3.81. The third kappa shape index (κ3) is 11.8. The fourth-order valence-electron chi connectivity index (χ4n) is 1.10. The topological polar surface area (TPSA) is 66.8 Å². The fourth-order valence-corrected chi connectivity index (χ4v) is 1.59. The van der Waals surface area contributed by atoms with Gasteiger partial charge in [0.15, 0.2) is 0 Å². The maximum atomic E-state index is 10.4. The van der Waals surface area contributed by atoms with Crippen LogP contribution in [0, 0.1) is 0 Å². The molecule has 1 N–H and O–H groups in total. The van der Waals surface area contributed by atoms with Crippen molar-refractivity contribution in [2.75, 3.05) is 39.1 Å². The second-order valence-electron chi connectivity index (χ2n) is 3.56. The molecule has 0 aromatic rings. The van der Waals surface area contributed by atoms with Gasteiger partial charge < -0.3 is 9.64 Å². The van der Waals surface area contributed by atoms with E-state index >= 15 is 0 Å². The summed E-state index contributed by atoms with van der Waals surface area (Å²) in [5.74, 6) is -0.173. The molecule has 0 atom stereocenters. The Balaban J connectivity index is 3.37. The molecule has 0 aliphatic carbocycles. The summed E-state index contributed by atoms with van der Waals surface area (Å²) in [6, 6.07) is 0. The minimum absolute atomic E-state index is 0.173. The van der Waals surface area contributed by atoms with Crippen molar-refractivity contribution in [3.63, 3.8) is 0 Å². The van der Waals surface area contributed by atoms with Crippen LogP contribution >= 0.6 is 0 Å². The predicted molar refractivity (Wildman–Crippen MR) is 59.6 cm³/mol. The molecule has 0 aromatic carbocycles. The van der Waals surface area contributed by atoms with E-state index in [1.165, 1.54) is 0 Å². The van der Waals surface area contributed by atoms with Gasteiger partial charge in [-0.05, 0) is 26.4 Å². The molecule has 0 saturated carbocycles. The van der Waals surface area contributed by atoms with Crippen molar-refractivity contribution < 1.29 is 17.7 Å². The lowest BCUT2D eigenvalue weighted by atomic mass is 10.4. The molecule has 0 saturated heterocycles. The van der Waals surface area contributed by atoms with Crippen LogP contribution in [0.1, 0.15) is 19.8 Å². The summed E-state index contributed by atoms with van der Waals surface area (Å²) in [5, 5.41) is 0. The van der Waals surface area contributed by atoms with Gasteiger partial charge in [0, 0.05) is 13.2 Å². The monoisotopic (exact) mass is 239 g/mol. The van der Waals surface area contributed by atoms with Gasteiger partial charge in [0.1, 0.15) is 0 Å². The lowest BCUT2D eigenvalue weighted by Crippen LogP contribution is -2.25. The van der Waals surface area contributed by atoms with E-state index in [-0.39, 0.29) is 5.75 Å². The van der Waals surface area contributed by atoms with E-state index in [1.807, 2.05) is 11.9 Å². The molecular formula is C9H21NO4S. The largest absolute Gasteiger partial charge is 0.380 e. The molecule has 0 bridgehead atoms. The smallest absolute Gasteiger partial charge is 0.264 e. The van der Waals surface area contributed by atoms with Crippen molar-refractivity contribution in [1.82, 2.24) is 4.90 Å². The molecule has 0 aliphatic rings. The van der Waals surface area contributed by atoms with Crippen LogP contribution < -0.4 is 0 Å². The van der Waals surface area contributed by atoms with Gasteiger partial charge in [-0.2, -0.15) is 8.42 Å². The summed E-state index contributed by atoms with van der Waals surface area (Å²) >= 11 is 0. The van der Waals surface area contributed by atoms with Crippen molar-refractivity contribution >= 4 is 10.1 Å². The molecule has 0 heterocycles. The highest BCUT2D eigenvalue weighted by atomic mass is 32.2. The Bertz CT molecular complexity index is 240. The Hall–Kier alpha value is -0.170. The van der Waals surface area contributed by atoms with Crippen LogP contribution in [0.3, 0.4) is 0 Å². The van der Waals surface area contributed by atoms with Crippen molar-refractivity contribution in [2.24, 2.45) is 0 Å². The van der Waals surface area contributed by atoms with Gasteiger partial charge in [-0.3, -0.25) is 4.55 Å². The second kappa shape index (κ2) is 8.04. The molecule has 0 unspecified atom stereocenters. The van der Waals surface area contributed by atoms with Gasteiger partial charge >= 0.3 is 0 Å². The van der Waals surface area contributed by atoms with E-state index in [4.69, 9.17) is 9.29 Å². The van der Waals surface area contributed by atoms with Gasteiger partial charge in [0.25, 0.3) is 10.1 Å². The number of rotatable bonds is 9. The molecule has 6 heteroatoms. The average molecular weight is 239 g/mol. The fraction of sp³-hybridized carbons (Fsp3) is 1.00. The van der Waals surface area contributed by atoms with Gasteiger partial charge in [-0.25, -0.2) is 0 Å². The second-order valence-corrected chi connectivity index (χ2v) is 5.13. The highest BCUT2D eigenvalue weighted by Crippen LogP contribution is 1.92. The zero-order valence-corrected chi connectivity index (χ0v) is 10.3. The molecule has 0 aromatic heterocycles. The van der Waals surface area contributed by atoms with Crippen LogP contribution in [0.5, 0.6) is 0 Å². The van der Waals surface area contributed by atoms with Crippen LogP contribution in [0.15, 0.2) is 0 Å². The molecule has 0 radical (unpaired) electrons. The third-order valence-electron chi connectivity index (χ3n) is 1.91. The number of hydrogen-bond acceptors (Lipinski definition) is 4. The lowest BCUT2D eigenvalue weighted by molar-refractivity contribution is 0.112. The van der Waals surface area contributed by atoms with E-state index in [0.717, 1.165) is 19.6 Å². The van der Waals surface area contributed by atoms with Crippen molar-refractivity contribution in [3.05, 3.63) is 0 Å². The van der Waals surface area contributed by atoms with Crippen molar-refractivity contribution in [3.8, 4) is 0 Å². The molecule has 5 nitrogen and oxygen atoms in total. The van der Waals surface area contributed by atoms with Crippen molar-refractivity contribution in [1.29, 1.82) is 0 Å². The maximum absolute atomic E-state index is 10.4. The first kappa shape index (κ1) is 14.8. The zero-order valence-electron chi connectivity index (χ0n) is 9.48. The van der Waals surface area contributed by atoms with Gasteiger partial charge in [-0.15, -0.1) is 0 Å². The van der Waals surface area contributed by atoms with Crippen molar-refractivity contribution in [2.45, 2.75) is 19.8 Å². The Morgan fingerprint density at radius 1 is 1.27 bits per heavy atom. The van der Waals surface area contributed by atoms with E-state index in [9.17, 15) is 8.42 Å². The van der Waals surface area contributed by atoms with Gasteiger partial charge in [0.2, 0.25) is 0 Å². The Labute approximate surface area is 92.2 Å². The normalized spacial score (nSPS) is 12.3. The van der Waals surface area contributed by atoms with E-state index in [0.29, 0.717) is 19.6 Å². The standard InChI is InChI=1S/C9H21NO4S/c1-3-7-14-8-6-10(2)5-4-9-15(11,12)13/h3-9H2,1-2H3,(H,11,12,13). The number of hydrogen-bond donors (Lipinski definition) is 1. The van der Waals surface area contributed by atoms with Gasteiger partial charge in [0.05, 0.1) is 12.4 Å².